The number of phosphoric acid groups is 1. The van der Waals surface area contributed by atoms with Crippen LogP contribution in [-0.4, -0.2) is 43.3 Å². The second-order valence-corrected chi connectivity index (χ2v) is 5.60. The van der Waals surface area contributed by atoms with Crippen LogP contribution in [0.3, 0.4) is 0 Å². The van der Waals surface area contributed by atoms with Crippen molar-refractivity contribution in [1.29, 1.82) is 0 Å². The van der Waals surface area contributed by atoms with Gasteiger partial charge in [-0.3, -0.25) is 9.09 Å². The number of rotatable bonds is 5. The highest BCUT2D eigenvalue weighted by molar-refractivity contribution is 7.46. The van der Waals surface area contributed by atoms with Crippen molar-refractivity contribution in [3.8, 4) is 0 Å². The first kappa shape index (κ1) is 16.0. The third-order valence-electron chi connectivity index (χ3n) is 2.90. The van der Waals surface area contributed by atoms with Crippen molar-refractivity contribution in [2.45, 2.75) is 24.9 Å². The van der Waals surface area contributed by atoms with E-state index in [4.69, 9.17) is 20.4 Å². The molecule has 0 amide bonds. The van der Waals surface area contributed by atoms with Gasteiger partial charge in [0.15, 0.2) is 0 Å². The monoisotopic (exact) mass is 322 g/mol. The number of aliphatic hydroxyl groups excluding tert-OH is 1. The minimum absolute atomic E-state index is 0.0617. The molecule has 11 nitrogen and oxygen atoms in total. The van der Waals surface area contributed by atoms with Gasteiger partial charge in [0.1, 0.15) is 18.1 Å². The number of anilines is 1. The lowest BCUT2D eigenvalue weighted by Gasteiger charge is -2.16. The average Bonchev–Trinajstić information content (AvgIpc) is 2.76. The molecule has 0 aliphatic carbocycles. The summed E-state index contributed by atoms with van der Waals surface area (Å²) in [6.45, 7) is -0.493. The fourth-order valence-corrected chi connectivity index (χ4v) is 2.26. The minimum Gasteiger partial charge on any atom is -0.390 e. The average molecular weight is 322 g/mol. The Morgan fingerprint density at radius 3 is 2.90 bits per heavy atom. The van der Waals surface area contributed by atoms with E-state index < -0.39 is 38.6 Å². The van der Waals surface area contributed by atoms with E-state index in [2.05, 4.69) is 14.9 Å². The summed E-state index contributed by atoms with van der Waals surface area (Å²) in [5, 5.41) is 9.78. The second-order valence-electron chi connectivity index (χ2n) is 4.37. The summed E-state index contributed by atoms with van der Waals surface area (Å²) < 4.78 is 21.4. The first-order chi connectivity index (χ1) is 9.80. The van der Waals surface area contributed by atoms with E-state index in [9.17, 15) is 14.5 Å². The number of ether oxygens (including phenoxy) is 1. The third-order valence-corrected chi connectivity index (χ3v) is 3.38. The number of hydrazine groups is 1. The van der Waals surface area contributed by atoms with Gasteiger partial charge < -0.3 is 25.1 Å². The number of aliphatic hydroxyl groups is 1. The van der Waals surface area contributed by atoms with Crippen LogP contribution < -0.4 is 17.0 Å². The first-order valence-electron chi connectivity index (χ1n) is 5.89. The van der Waals surface area contributed by atoms with E-state index in [1.165, 1.54) is 12.3 Å². The van der Waals surface area contributed by atoms with Crippen LogP contribution in [-0.2, 0) is 13.8 Å². The van der Waals surface area contributed by atoms with Gasteiger partial charge in [0, 0.05) is 12.6 Å². The number of nitrogens with one attached hydrogen (secondary N) is 1. The Labute approximate surface area is 118 Å². The fraction of sp³-hybridized carbons (Fsp3) is 0.556. The molecule has 0 saturated carbocycles. The van der Waals surface area contributed by atoms with Crippen molar-refractivity contribution >= 4 is 13.6 Å². The van der Waals surface area contributed by atoms with Crippen LogP contribution in [0.4, 0.5) is 5.82 Å². The molecule has 1 aliphatic rings. The van der Waals surface area contributed by atoms with Crippen molar-refractivity contribution in [1.82, 2.24) is 9.55 Å². The zero-order valence-corrected chi connectivity index (χ0v) is 11.6. The lowest BCUT2D eigenvalue weighted by Crippen LogP contribution is -2.29. The van der Waals surface area contributed by atoms with Crippen LogP contribution in [0.2, 0.25) is 0 Å². The summed E-state index contributed by atoms with van der Waals surface area (Å²) in [5.74, 6) is 5.30. The molecular formula is C9H15N4O7P. The minimum atomic E-state index is -4.65. The number of phosphoric ester groups is 1. The highest BCUT2D eigenvalue weighted by Crippen LogP contribution is 2.38. The molecule has 1 aromatic rings. The molecule has 2 heterocycles. The normalized spacial score (nSPS) is 26.0. The zero-order chi connectivity index (χ0) is 15.6. The van der Waals surface area contributed by atoms with E-state index in [0.29, 0.717) is 0 Å². The molecule has 1 fully saturated rings. The number of hydrogen-bond acceptors (Lipinski definition) is 8. The highest BCUT2D eigenvalue weighted by atomic mass is 31.2. The second kappa shape index (κ2) is 6.20. The van der Waals surface area contributed by atoms with Crippen molar-refractivity contribution in [2.24, 2.45) is 5.84 Å². The summed E-state index contributed by atoms with van der Waals surface area (Å²) in [6, 6.07) is 1.44. The summed E-state index contributed by atoms with van der Waals surface area (Å²) in [4.78, 5) is 32.6. The molecule has 6 N–H and O–H groups in total. The molecular weight excluding hydrogens is 307 g/mol. The first-order valence-corrected chi connectivity index (χ1v) is 7.42. The summed E-state index contributed by atoms with van der Waals surface area (Å²) in [7, 11) is -4.65. The maximum atomic E-state index is 11.8. The third kappa shape index (κ3) is 4.08. The van der Waals surface area contributed by atoms with Crippen molar-refractivity contribution < 1.29 is 28.7 Å². The Morgan fingerprint density at radius 1 is 1.62 bits per heavy atom. The van der Waals surface area contributed by atoms with Gasteiger partial charge in [0.2, 0.25) is 0 Å². The molecule has 118 valence electrons. The molecule has 1 saturated heterocycles. The smallest absolute Gasteiger partial charge is 0.390 e. The van der Waals surface area contributed by atoms with Gasteiger partial charge in [-0.15, -0.1) is 0 Å². The van der Waals surface area contributed by atoms with Gasteiger partial charge in [-0.1, -0.05) is 0 Å². The van der Waals surface area contributed by atoms with E-state index in [1.807, 2.05) is 0 Å². The molecule has 0 spiro atoms. The van der Waals surface area contributed by atoms with Gasteiger partial charge in [-0.05, 0) is 6.07 Å². The topological polar surface area (TPSA) is 169 Å². The molecule has 0 unspecified atom stereocenters. The van der Waals surface area contributed by atoms with Crippen LogP contribution in [0, 0.1) is 0 Å². The van der Waals surface area contributed by atoms with Gasteiger partial charge in [-0.2, -0.15) is 4.98 Å². The molecule has 1 aliphatic heterocycles. The maximum absolute atomic E-state index is 11.8. The molecule has 0 radical (unpaired) electrons. The Balaban J connectivity index is 2.07. The Morgan fingerprint density at radius 2 is 2.33 bits per heavy atom. The number of nitrogen functional groups attached to an aromatic ring is 1. The van der Waals surface area contributed by atoms with Crippen molar-refractivity contribution in [2.75, 3.05) is 12.0 Å². The predicted octanol–water partition coefficient (Wildman–Crippen LogP) is -1.71. The quantitative estimate of drug-likeness (QED) is 0.239. The van der Waals surface area contributed by atoms with Crippen LogP contribution in [0.5, 0.6) is 0 Å². The molecule has 3 atom stereocenters. The van der Waals surface area contributed by atoms with Gasteiger partial charge in [-0.25, -0.2) is 15.2 Å². The summed E-state index contributed by atoms with van der Waals surface area (Å²) in [5.41, 5.74) is 1.58. The van der Waals surface area contributed by atoms with Gasteiger partial charge >= 0.3 is 13.5 Å². The number of nitrogens with zero attached hydrogens (tertiary/aromatic N) is 2. The molecule has 21 heavy (non-hydrogen) atoms. The van der Waals surface area contributed by atoms with Crippen LogP contribution in [0.25, 0.3) is 0 Å². The molecule has 0 aromatic carbocycles. The molecule has 1 aromatic heterocycles. The zero-order valence-electron chi connectivity index (χ0n) is 10.7. The lowest BCUT2D eigenvalue weighted by atomic mass is 10.2. The van der Waals surface area contributed by atoms with Crippen molar-refractivity contribution in [3.05, 3.63) is 22.7 Å². The Bertz CT molecular complexity index is 602. The standard InChI is InChI=1S/C9H15N4O7P/c10-12-7-1-2-13(9(15)11-7)8-3-5(14)6(20-8)4-19-21(16,17)18/h1-2,5-6,8,14H,3-4,10H2,(H,11,12,15)(H2,16,17,18)/t5-,6+,8+/m0/s1. The number of hydrogen-bond donors (Lipinski definition) is 5. The maximum Gasteiger partial charge on any atom is 0.469 e. The van der Waals surface area contributed by atoms with E-state index in [-0.39, 0.29) is 12.2 Å². The predicted molar refractivity (Wildman–Crippen MR) is 68.8 cm³/mol. The van der Waals surface area contributed by atoms with E-state index in [1.54, 1.807) is 0 Å². The molecule has 2 rings (SSSR count). The van der Waals surface area contributed by atoms with Gasteiger partial charge in [0.05, 0.1) is 12.7 Å². The van der Waals surface area contributed by atoms with E-state index in [0.717, 1.165) is 4.57 Å². The highest BCUT2D eigenvalue weighted by Gasteiger charge is 2.36. The van der Waals surface area contributed by atoms with Crippen LogP contribution in [0.1, 0.15) is 12.6 Å². The van der Waals surface area contributed by atoms with Crippen LogP contribution >= 0.6 is 7.82 Å². The molecule has 0 bridgehead atoms. The number of nitrogens with two attached hydrogens (primary N) is 1. The largest absolute Gasteiger partial charge is 0.469 e. The van der Waals surface area contributed by atoms with Crippen LogP contribution in [0.15, 0.2) is 17.1 Å². The number of aromatic nitrogens is 2. The lowest BCUT2D eigenvalue weighted by molar-refractivity contribution is -0.0450. The molecule has 12 heteroatoms. The Hall–Kier alpha value is -1.33. The van der Waals surface area contributed by atoms with Gasteiger partial charge in [0.25, 0.3) is 0 Å². The summed E-state index contributed by atoms with van der Waals surface area (Å²) in [6.07, 6.45) is -1.35. The van der Waals surface area contributed by atoms with Crippen molar-refractivity contribution in [3.63, 3.8) is 0 Å². The Kier molecular flexibility index (Phi) is 4.74. The SMILES string of the molecule is NNc1ccn([C@H]2C[C@H](O)[C@@H](COP(=O)(O)O)O2)c(=O)n1. The summed E-state index contributed by atoms with van der Waals surface area (Å²) >= 11 is 0. The van der Waals surface area contributed by atoms with E-state index >= 15 is 0 Å². The fourth-order valence-electron chi connectivity index (χ4n) is 1.92.